The van der Waals surface area contributed by atoms with Crippen molar-refractivity contribution in [2.24, 2.45) is 0 Å². The molecule has 0 aliphatic rings. The number of ketones is 1. The average molecular weight is 913 g/mol. The predicted molar refractivity (Wildman–Crippen MR) is 179 cm³/mol. The summed E-state index contributed by atoms with van der Waals surface area (Å²) in [6.45, 7) is 0. The molecule has 0 heterocycles. The van der Waals surface area contributed by atoms with E-state index in [2.05, 4.69) is 0 Å². The van der Waals surface area contributed by atoms with Gasteiger partial charge >= 0.3 is 23.3 Å². The van der Waals surface area contributed by atoms with Crippen molar-refractivity contribution in [3.05, 3.63) is 143 Å². The van der Waals surface area contributed by atoms with Crippen LogP contribution in [0.25, 0.3) is 0 Å². The topological polar surface area (TPSA) is 83.5 Å². The van der Waals surface area contributed by atoms with E-state index in [0.717, 1.165) is 0 Å². The Morgan fingerprint density at radius 1 is 0.627 bits per heavy atom. The normalized spacial score (nSPS) is 13.0. The Hall–Kier alpha value is -4.87. The van der Waals surface area contributed by atoms with Gasteiger partial charge in [0.05, 0.1) is 12.7 Å². The molecule has 316 valence electrons. The number of rotatable bonds is 11. The summed E-state index contributed by atoms with van der Waals surface area (Å²) < 4.78 is 227. The van der Waals surface area contributed by atoms with Crippen LogP contribution >= 0.6 is 11.8 Å². The lowest BCUT2D eigenvalue weighted by molar-refractivity contribution is -0.382. The van der Waals surface area contributed by atoms with Gasteiger partial charge in [-0.15, -0.1) is 0 Å². The van der Waals surface area contributed by atoms with Gasteiger partial charge in [-0.25, -0.2) is 26.0 Å². The molecule has 5 nitrogen and oxygen atoms in total. The molecule has 0 amide bonds. The number of halogens is 15. The van der Waals surface area contributed by atoms with Crippen molar-refractivity contribution < 1.29 is 88.4 Å². The molecular formula is C36H19F15O5S3. The van der Waals surface area contributed by atoms with Gasteiger partial charge < -0.3 is 9.29 Å². The summed E-state index contributed by atoms with van der Waals surface area (Å²) in [5.74, 6) is -25.6. The van der Waals surface area contributed by atoms with Gasteiger partial charge in [0.2, 0.25) is 34.0 Å². The Balaban J connectivity index is 0.000000383. The molecule has 5 rings (SSSR count). The highest BCUT2D eigenvalue weighted by Crippen LogP contribution is 2.54. The number of hydrogen-bond acceptors (Lipinski definition) is 6. The van der Waals surface area contributed by atoms with Crippen molar-refractivity contribution in [2.45, 2.75) is 47.8 Å². The first-order chi connectivity index (χ1) is 27.2. The third-order valence-electron chi connectivity index (χ3n) is 7.61. The third kappa shape index (κ3) is 9.31. The lowest BCUT2D eigenvalue weighted by atomic mass is 10.0. The molecule has 0 saturated heterocycles. The highest BCUT2D eigenvalue weighted by atomic mass is 32.2. The Morgan fingerprint density at radius 2 is 1.08 bits per heavy atom. The zero-order valence-electron chi connectivity index (χ0n) is 28.7. The molecule has 0 aromatic heterocycles. The van der Waals surface area contributed by atoms with Crippen molar-refractivity contribution in [3.63, 3.8) is 0 Å². The maximum atomic E-state index is 15.0. The number of benzene rings is 5. The molecule has 0 radical (unpaired) electrons. The van der Waals surface area contributed by atoms with Crippen LogP contribution in [0.1, 0.15) is 15.9 Å². The minimum absolute atomic E-state index is 0.102. The number of alkyl halides is 9. The van der Waals surface area contributed by atoms with E-state index in [0.29, 0.717) is 26.0 Å². The summed E-state index contributed by atoms with van der Waals surface area (Å²) in [7, 11) is -7.71. The quantitative estimate of drug-likeness (QED) is 0.0328. The molecule has 0 aliphatic heterocycles. The first-order valence-corrected chi connectivity index (χ1v) is 18.9. The average Bonchev–Trinajstić information content (AvgIpc) is 3.18. The van der Waals surface area contributed by atoms with E-state index in [1.165, 1.54) is 73.5 Å². The summed E-state index contributed by atoms with van der Waals surface area (Å²) in [6, 6.07) is 24.7. The molecule has 0 N–H and O–H groups in total. The number of methoxy groups -OCH3 is 1. The van der Waals surface area contributed by atoms with Crippen LogP contribution in [0, 0.1) is 34.9 Å². The molecule has 0 aliphatic carbocycles. The molecule has 1 unspecified atom stereocenters. The van der Waals surface area contributed by atoms with E-state index < -0.39 is 89.9 Å². The lowest BCUT2D eigenvalue weighted by Gasteiger charge is -2.34. The second-order valence-electron chi connectivity index (χ2n) is 11.4. The van der Waals surface area contributed by atoms with Crippen molar-refractivity contribution in [3.8, 4) is 5.75 Å². The molecule has 0 spiro atoms. The van der Waals surface area contributed by atoms with Crippen LogP contribution in [-0.4, -0.2) is 49.1 Å². The zero-order chi connectivity index (χ0) is 44.5. The molecule has 0 bridgehead atoms. The summed E-state index contributed by atoms with van der Waals surface area (Å²) >= 11 is 1.20. The van der Waals surface area contributed by atoms with Crippen LogP contribution in [0.15, 0.2) is 122 Å². The number of carbonyl (C=O) groups excluding carboxylic acids is 1. The highest BCUT2D eigenvalue weighted by molar-refractivity contribution is 7.99. The summed E-state index contributed by atoms with van der Waals surface area (Å²) in [6.07, 6.45) is -7.16. The van der Waals surface area contributed by atoms with E-state index in [1.54, 1.807) is 42.5 Å². The zero-order valence-corrected chi connectivity index (χ0v) is 31.1. The SMILES string of the molecule is COc1ccc([S+](c2ccc(Sc3ccc(F)c(C(=O)c4ccccc4)c3)cc2)c2c(F)c(F)c(F)c(F)c2F)cc1.O=S(=O)([O-])C(F)(F)C(F)(F)C(F)(F)C(F)(F)F. The molecule has 59 heavy (non-hydrogen) atoms. The van der Waals surface area contributed by atoms with Gasteiger partial charge in [0.15, 0.2) is 25.7 Å². The van der Waals surface area contributed by atoms with Crippen molar-refractivity contribution in [1.29, 1.82) is 0 Å². The molecule has 5 aromatic carbocycles. The predicted octanol–water partition coefficient (Wildman–Crippen LogP) is 11.0. The highest BCUT2D eigenvalue weighted by Gasteiger charge is 2.83. The molecular weight excluding hydrogens is 894 g/mol. The van der Waals surface area contributed by atoms with E-state index in [4.69, 9.17) is 4.74 Å². The minimum atomic E-state index is -7.43. The lowest BCUT2D eigenvalue weighted by Crippen LogP contribution is -2.63. The van der Waals surface area contributed by atoms with E-state index in [-0.39, 0.29) is 10.5 Å². The molecule has 0 fully saturated rings. The van der Waals surface area contributed by atoms with E-state index in [9.17, 15) is 83.6 Å². The van der Waals surface area contributed by atoms with E-state index in [1.807, 2.05) is 0 Å². The van der Waals surface area contributed by atoms with Crippen molar-refractivity contribution >= 4 is 38.6 Å². The fourth-order valence-electron chi connectivity index (χ4n) is 4.63. The largest absolute Gasteiger partial charge is 0.743 e. The number of ether oxygens (including phenoxy) is 1. The van der Waals surface area contributed by atoms with Gasteiger partial charge in [-0.05, 0) is 66.7 Å². The molecule has 0 saturated carbocycles. The number of hydrogen-bond donors (Lipinski definition) is 0. The maximum absolute atomic E-state index is 15.0. The fourth-order valence-corrected chi connectivity index (χ4v) is 8.03. The van der Waals surface area contributed by atoms with Gasteiger partial charge in [0.25, 0.3) is 0 Å². The first kappa shape index (κ1) is 46.8. The van der Waals surface area contributed by atoms with Crippen molar-refractivity contribution in [2.75, 3.05) is 7.11 Å². The van der Waals surface area contributed by atoms with Crippen LogP contribution in [0.5, 0.6) is 5.75 Å². The monoisotopic (exact) mass is 912 g/mol. The summed E-state index contributed by atoms with van der Waals surface area (Å²) in [4.78, 5) is 13.6. The van der Waals surface area contributed by atoms with Crippen LogP contribution in [0.3, 0.4) is 0 Å². The van der Waals surface area contributed by atoms with Gasteiger partial charge in [-0.1, -0.05) is 42.1 Å². The Morgan fingerprint density at radius 3 is 1.54 bits per heavy atom. The summed E-state index contributed by atoms with van der Waals surface area (Å²) in [5, 5.41) is -7.11. The second-order valence-corrected chi connectivity index (χ2v) is 15.9. The Labute approximate surface area is 329 Å². The number of carbonyl (C=O) groups is 1. The Kier molecular flexibility index (Phi) is 13.8. The minimum Gasteiger partial charge on any atom is -0.743 e. The second kappa shape index (κ2) is 17.4. The van der Waals surface area contributed by atoms with Gasteiger partial charge in [-0.2, -0.15) is 48.3 Å². The van der Waals surface area contributed by atoms with Crippen LogP contribution in [0.4, 0.5) is 65.9 Å². The van der Waals surface area contributed by atoms with Crippen LogP contribution in [0.2, 0.25) is 0 Å². The standard InChI is InChI=1S/C32H19F6O2S2.C4HF9O3S/c1-40-19-7-12-22(13-8-19)42(32-29(37)27(35)26(34)28(36)30(32)38)23-14-9-20(10-15-23)41-21-11-16-25(33)24(17-21)31(39)18-5-3-2-4-6-18;5-1(6,3(9,10)11)2(7,8)4(12,13)17(14,15)16/h2-17H,1H3;(H,14,15,16)/q+1;/p-1. The first-order valence-electron chi connectivity index (χ1n) is 15.4. The third-order valence-corrected chi connectivity index (χ3v) is 11.7. The van der Waals surface area contributed by atoms with Gasteiger partial charge in [-0.3, -0.25) is 4.79 Å². The summed E-state index contributed by atoms with van der Waals surface area (Å²) in [5.41, 5.74) is 0.233. The molecule has 1 atom stereocenters. The van der Waals surface area contributed by atoms with Gasteiger partial charge in [0, 0.05) is 15.4 Å². The molecule has 5 aromatic rings. The molecule has 23 heteroatoms. The van der Waals surface area contributed by atoms with Crippen molar-refractivity contribution in [1.82, 2.24) is 0 Å². The van der Waals surface area contributed by atoms with Crippen LogP contribution < -0.4 is 4.74 Å². The fraction of sp³-hybridized carbons (Fsp3) is 0.139. The van der Waals surface area contributed by atoms with Gasteiger partial charge in [0.1, 0.15) is 22.5 Å². The van der Waals surface area contributed by atoms with E-state index >= 15 is 0 Å². The van der Waals surface area contributed by atoms with Crippen LogP contribution in [-0.2, 0) is 21.0 Å². The maximum Gasteiger partial charge on any atom is 0.460 e. The Bertz CT molecular complexity index is 2400. The smallest absolute Gasteiger partial charge is 0.460 e.